The summed E-state index contributed by atoms with van der Waals surface area (Å²) in [4.78, 5) is 12.2. The first kappa shape index (κ1) is 17.8. The maximum atomic E-state index is 12.2. The zero-order chi connectivity index (χ0) is 18.5. The molecule has 0 saturated carbocycles. The number of carbonyl (C=O) groups excluding carboxylic acids is 1. The molecule has 1 amide bonds. The molecule has 3 rings (SSSR count). The molecule has 26 heavy (non-hydrogen) atoms. The third kappa shape index (κ3) is 3.81. The van der Waals surface area contributed by atoms with Gasteiger partial charge in [0.15, 0.2) is 17.3 Å². The Morgan fingerprint density at radius 1 is 1.27 bits per heavy atom. The minimum Gasteiger partial charge on any atom is -0.493 e. The number of nitrogens with zero attached hydrogens (tertiary/aromatic N) is 1. The van der Waals surface area contributed by atoms with Crippen molar-refractivity contribution in [3.8, 4) is 11.5 Å². The van der Waals surface area contributed by atoms with Gasteiger partial charge in [0.05, 0.1) is 25.0 Å². The van der Waals surface area contributed by atoms with E-state index in [4.69, 9.17) is 25.5 Å². The number of hydrogen-bond donors (Lipinski definition) is 1. The summed E-state index contributed by atoms with van der Waals surface area (Å²) >= 11 is 6.22. The fourth-order valence-electron chi connectivity index (χ4n) is 2.39. The minimum absolute atomic E-state index is 0.179. The fourth-order valence-corrected chi connectivity index (χ4v) is 2.59. The number of hydrogen-bond acceptors (Lipinski definition) is 5. The lowest BCUT2D eigenvalue weighted by molar-refractivity contribution is 0.0929. The van der Waals surface area contributed by atoms with E-state index in [2.05, 4.69) is 10.5 Å². The van der Waals surface area contributed by atoms with Crippen LogP contribution in [0.3, 0.4) is 0 Å². The molecule has 0 atom stereocenters. The number of para-hydroxylation sites is 1. The number of furan rings is 1. The Labute approximate surface area is 155 Å². The molecule has 0 unspecified atom stereocenters. The number of carbonyl (C=O) groups is 1. The predicted octanol–water partition coefficient (Wildman–Crippen LogP) is 4.26. The number of fused-ring (bicyclic) bond motifs is 1. The first-order chi connectivity index (χ1) is 12.6. The van der Waals surface area contributed by atoms with Crippen LogP contribution < -0.4 is 14.9 Å². The van der Waals surface area contributed by atoms with Crippen LogP contribution in [0.2, 0.25) is 5.02 Å². The Balaban J connectivity index is 1.74. The zero-order valence-corrected chi connectivity index (χ0v) is 15.0. The first-order valence-electron chi connectivity index (χ1n) is 7.94. The summed E-state index contributed by atoms with van der Waals surface area (Å²) in [6.07, 6.45) is 1.43. The number of amides is 1. The highest BCUT2D eigenvalue weighted by Gasteiger charge is 2.12. The van der Waals surface area contributed by atoms with Crippen molar-refractivity contribution >= 4 is 34.7 Å². The second-order valence-electron chi connectivity index (χ2n) is 5.31. The lowest BCUT2D eigenvalue weighted by Crippen LogP contribution is -2.16. The van der Waals surface area contributed by atoms with Crippen LogP contribution in [0.4, 0.5) is 0 Å². The quantitative estimate of drug-likeness (QED) is 0.518. The molecule has 0 saturated heterocycles. The molecular formula is C19H17ClN2O4. The van der Waals surface area contributed by atoms with Gasteiger partial charge >= 0.3 is 5.91 Å². The van der Waals surface area contributed by atoms with Crippen molar-refractivity contribution in [2.75, 3.05) is 13.7 Å². The van der Waals surface area contributed by atoms with Crippen molar-refractivity contribution in [1.82, 2.24) is 5.43 Å². The molecule has 0 aliphatic rings. The molecule has 0 bridgehead atoms. The largest absolute Gasteiger partial charge is 0.493 e. The van der Waals surface area contributed by atoms with E-state index in [9.17, 15) is 4.79 Å². The molecule has 6 nitrogen and oxygen atoms in total. The van der Waals surface area contributed by atoms with Crippen molar-refractivity contribution in [2.45, 2.75) is 6.92 Å². The molecule has 1 heterocycles. The summed E-state index contributed by atoms with van der Waals surface area (Å²) < 4.78 is 16.2. The molecule has 0 aliphatic heterocycles. The first-order valence-corrected chi connectivity index (χ1v) is 8.32. The molecule has 0 aliphatic carbocycles. The van der Waals surface area contributed by atoms with Crippen LogP contribution in [0.15, 0.2) is 52.0 Å². The molecule has 0 fully saturated rings. The van der Waals surface area contributed by atoms with Gasteiger partial charge in [-0.3, -0.25) is 4.79 Å². The molecule has 0 spiro atoms. The van der Waals surface area contributed by atoms with Crippen LogP contribution >= 0.6 is 11.6 Å². The lowest BCUT2D eigenvalue weighted by atomic mass is 10.2. The molecule has 7 heteroatoms. The van der Waals surface area contributed by atoms with Gasteiger partial charge in [0, 0.05) is 17.0 Å². The summed E-state index contributed by atoms with van der Waals surface area (Å²) in [6.45, 7) is 2.37. The van der Waals surface area contributed by atoms with E-state index in [1.807, 2.05) is 25.1 Å². The summed E-state index contributed by atoms with van der Waals surface area (Å²) in [5.41, 5.74) is 3.64. The standard InChI is InChI=1S/C19H17ClN2O4/c1-3-25-17-10-14(20)13(9-16(17)24-2)11-21-22-19(23)18-8-12-6-4-5-7-15(12)26-18/h4-11H,3H2,1-2H3,(H,22,23)/b21-11+. The Morgan fingerprint density at radius 3 is 2.81 bits per heavy atom. The third-order valence-electron chi connectivity index (χ3n) is 3.60. The molecule has 2 aromatic carbocycles. The van der Waals surface area contributed by atoms with Gasteiger partial charge in [0.1, 0.15) is 5.58 Å². The maximum absolute atomic E-state index is 12.2. The number of hydrazone groups is 1. The van der Waals surface area contributed by atoms with Crippen LogP contribution in [-0.2, 0) is 0 Å². The number of nitrogens with one attached hydrogen (secondary N) is 1. The van der Waals surface area contributed by atoms with E-state index in [-0.39, 0.29) is 5.76 Å². The molecule has 1 N–H and O–H groups in total. The van der Waals surface area contributed by atoms with Gasteiger partial charge in [-0.25, -0.2) is 5.43 Å². The SMILES string of the molecule is CCOc1cc(Cl)c(/C=N/NC(=O)c2cc3ccccc3o2)cc1OC. The Bertz CT molecular complexity index is 932. The number of rotatable bonds is 6. The third-order valence-corrected chi connectivity index (χ3v) is 3.93. The summed E-state index contributed by atoms with van der Waals surface area (Å²) in [5.74, 6) is 0.801. The number of benzene rings is 2. The topological polar surface area (TPSA) is 73.1 Å². The predicted molar refractivity (Wildman–Crippen MR) is 100 cm³/mol. The summed E-state index contributed by atoms with van der Waals surface area (Å²) in [7, 11) is 1.54. The monoisotopic (exact) mass is 372 g/mol. The average Bonchev–Trinajstić information content (AvgIpc) is 3.08. The van der Waals surface area contributed by atoms with Crippen LogP contribution in [0.5, 0.6) is 11.5 Å². The van der Waals surface area contributed by atoms with Crippen LogP contribution in [0.1, 0.15) is 23.0 Å². The number of methoxy groups -OCH3 is 1. The van der Waals surface area contributed by atoms with Crippen molar-refractivity contribution in [2.24, 2.45) is 5.10 Å². The van der Waals surface area contributed by atoms with E-state index < -0.39 is 5.91 Å². The van der Waals surface area contributed by atoms with Crippen LogP contribution in [0.25, 0.3) is 11.0 Å². The van der Waals surface area contributed by atoms with E-state index in [1.54, 1.807) is 24.3 Å². The summed E-state index contributed by atoms with van der Waals surface area (Å²) in [5, 5.41) is 5.21. The van der Waals surface area contributed by atoms with E-state index in [1.165, 1.54) is 13.3 Å². The van der Waals surface area contributed by atoms with Gasteiger partial charge in [-0.1, -0.05) is 29.8 Å². The van der Waals surface area contributed by atoms with Crippen molar-refractivity contribution < 1.29 is 18.7 Å². The normalized spacial score (nSPS) is 11.0. The van der Waals surface area contributed by atoms with Crippen LogP contribution in [-0.4, -0.2) is 25.8 Å². The lowest BCUT2D eigenvalue weighted by Gasteiger charge is -2.10. The Kier molecular flexibility index (Phi) is 5.43. The molecule has 134 valence electrons. The average molecular weight is 373 g/mol. The van der Waals surface area contributed by atoms with Crippen molar-refractivity contribution in [3.05, 3.63) is 58.8 Å². The van der Waals surface area contributed by atoms with Gasteiger partial charge in [-0.05, 0) is 25.1 Å². The van der Waals surface area contributed by atoms with Crippen molar-refractivity contribution in [3.63, 3.8) is 0 Å². The van der Waals surface area contributed by atoms with E-state index in [0.717, 1.165) is 5.39 Å². The van der Waals surface area contributed by atoms with Gasteiger partial charge in [0.25, 0.3) is 0 Å². The highest BCUT2D eigenvalue weighted by Crippen LogP contribution is 2.32. The fraction of sp³-hybridized carbons (Fsp3) is 0.158. The molecule has 3 aromatic rings. The van der Waals surface area contributed by atoms with Gasteiger partial charge in [0.2, 0.25) is 0 Å². The smallest absolute Gasteiger partial charge is 0.307 e. The number of halogens is 1. The summed E-state index contributed by atoms with van der Waals surface area (Å²) in [6, 6.07) is 12.4. The Hall–Kier alpha value is -2.99. The van der Waals surface area contributed by atoms with Gasteiger partial charge in [-0.15, -0.1) is 0 Å². The molecular weight excluding hydrogens is 356 g/mol. The van der Waals surface area contributed by atoms with E-state index in [0.29, 0.717) is 34.3 Å². The van der Waals surface area contributed by atoms with E-state index >= 15 is 0 Å². The number of ether oxygens (including phenoxy) is 2. The molecule has 1 aromatic heterocycles. The maximum Gasteiger partial charge on any atom is 0.307 e. The van der Waals surface area contributed by atoms with Crippen LogP contribution in [0, 0.1) is 0 Å². The highest BCUT2D eigenvalue weighted by molar-refractivity contribution is 6.33. The van der Waals surface area contributed by atoms with Gasteiger partial charge < -0.3 is 13.9 Å². The zero-order valence-electron chi connectivity index (χ0n) is 14.3. The highest BCUT2D eigenvalue weighted by atomic mass is 35.5. The molecule has 0 radical (unpaired) electrons. The second-order valence-corrected chi connectivity index (χ2v) is 5.71. The second kappa shape index (κ2) is 7.93. The minimum atomic E-state index is -0.452. The van der Waals surface area contributed by atoms with Crippen molar-refractivity contribution in [1.29, 1.82) is 0 Å². The Morgan fingerprint density at radius 2 is 2.08 bits per heavy atom. The van der Waals surface area contributed by atoms with Gasteiger partial charge in [-0.2, -0.15) is 5.10 Å².